The lowest BCUT2D eigenvalue weighted by molar-refractivity contribution is 0.242. The molecule has 1 unspecified atom stereocenters. The second kappa shape index (κ2) is 5.47. The standard InChI is InChI=1S/C17H24N2O/c1-12(2)15-11-19(16-10-6-5-9-14(15)16)17(20)18-13-7-3-4-8-13/h5-6,9-10,12-13,15H,3-4,7-8,11H2,1-2H3,(H,18,20). The highest BCUT2D eigenvalue weighted by Crippen LogP contribution is 2.40. The average molecular weight is 272 g/mol. The van der Waals surface area contributed by atoms with Crippen LogP contribution in [0.5, 0.6) is 0 Å². The molecule has 1 fully saturated rings. The maximum Gasteiger partial charge on any atom is 0.322 e. The molecule has 1 heterocycles. The monoisotopic (exact) mass is 272 g/mol. The average Bonchev–Trinajstić information content (AvgIpc) is 3.05. The summed E-state index contributed by atoms with van der Waals surface area (Å²) >= 11 is 0. The number of nitrogens with zero attached hydrogens (tertiary/aromatic N) is 1. The number of nitrogens with one attached hydrogen (secondary N) is 1. The van der Waals surface area contributed by atoms with Crippen molar-refractivity contribution in [3.63, 3.8) is 0 Å². The van der Waals surface area contributed by atoms with Crippen LogP contribution in [0.25, 0.3) is 0 Å². The summed E-state index contributed by atoms with van der Waals surface area (Å²) < 4.78 is 0. The Hall–Kier alpha value is -1.51. The third-order valence-corrected chi connectivity index (χ3v) is 4.74. The van der Waals surface area contributed by atoms with Crippen LogP contribution in [0.3, 0.4) is 0 Å². The molecule has 3 rings (SSSR count). The zero-order valence-corrected chi connectivity index (χ0v) is 12.4. The van der Waals surface area contributed by atoms with Crippen molar-refractivity contribution in [1.82, 2.24) is 5.32 Å². The van der Waals surface area contributed by atoms with Gasteiger partial charge in [-0.1, -0.05) is 44.9 Å². The second-order valence-electron chi connectivity index (χ2n) is 6.45. The van der Waals surface area contributed by atoms with E-state index < -0.39 is 0 Å². The van der Waals surface area contributed by atoms with Gasteiger partial charge in [0.05, 0.1) is 0 Å². The number of para-hydroxylation sites is 1. The molecule has 0 bridgehead atoms. The molecule has 0 radical (unpaired) electrons. The lowest BCUT2D eigenvalue weighted by Crippen LogP contribution is -2.43. The Morgan fingerprint density at radius 2 is 1.95 bits per heavy atom. The second-order valence-corrected chi connectivity index (χ2v) is 6.45. The minimum atomic E-state index is 0.0903. The SMILES string of the molecule is CC(C)C1CN(C(=O)NC2CCCC2)c2ccccc21. The molecule has 1 atom stereocenters. The van der Waals surface area contributed by atoms with Crippen molar-refractivity contribution in [2.24, 2.45) is 5.92 Å². The largest absolute Gasteiger partial charge is 0.335 e. The van der Waals surface area contributed by atoms with Crippen LogP contribution in [0.4, 0.5) is 10.5 Å². The molecule has 3 heteroatoms. The predicted octanol–water partition coefficient (Wildman–Crippen LogP) is 3.90. The molecule has 1 aromatic carbocycles. The lowest BCUT2D eigenvalue weighted by atomic mass is 9.90. The Morgan fingerprint density at radius 3 is 2.65 bits per heavy atom. The Bertz CT molecular complexity index is 492. The van der Waals surface area contributed by atoms with E-state index in [1.165, 1.54) is 18.4 Å². The molecule has 2 amide bonds. The van der Waals surface area contributed by atoms with Crippen molar-refractivity contribution in [2.45, 2.75) is 51.5 Å². The molecule has 1 saturated carbocycles. The fraction of sp³-hybridized carbons (Fsp3) is 0.588. The van der Waals surface area contributed by atoms with E-state index in [1.54, 1.807) is 0 Å². The molecule has 3 nitrogen and oxygen atoms in total. The van der Waals surface area contributed by atoms with Gasteiger partial charge in [0, 0.05) is 24.2 Å². The van der Waals surface area contributed by atoms with Crippen LogP contribution in [0, 0.1) is 5.92 Å². The third kappa shape index (κ3) is 2.41. The van der Waals surface area contributed by atoms with E-state index in [1.807, 2.05) is 11.0 Å². The molecule has 0 saturated heterocycles. The van der Waals surface area contributed by atoms with Gasteiger partial charge in [0.25, 0.3) is 0 Å². The van der Waals surface area contributed by atoms with Gasteiger partial charge in [0.15, 0.2) is 0 Å². The number of anilines is 1. The summed E-state index contributed by atoms with van der Waals surface area (Å²) in [6.07, 6.45) is 4.76. The maximum atomic E-state index is 12.5. The number of carbonyl (C=O) groups is 1. The van der Waals surface area contributed by atoms with Crippen molar-refractivity contribution in [2.75, 3.05) is 11.4 Å². The van der Waals surface area contributed by atoms with Crippen LogP contribution >= 0.6 is 0 Å². The Labute approximate surface area is 121 Å². The fourth-order valence-corrected chi connectivity index (χ4v) is 3.53. The van der Waals surface area contributed by atoms with Crippen molar-refractivity contribution < 1.29 is 4.79 Å². The smallest absolute Gasteiger partial charge is 0.322 e. The van der Waals surface area contributed by atoms with Gasteiger partial charge in [-0.2, -0.15) is 0 Å². The first-order valence-electron chi connectivity index (χ1n) is 7.84. The van der Waals surface area contributed by atoms with Crippen molar-refractivity contribution in [3.8, 4) is 0 Å². The van der Waals surface area contributed by atoms with Crippen LogP contribution in [0.2, 0.25) is 0 Å². The van der Waals surface area contributed by atoms with Crippen molar-refractivity contribution >= 4 is 11.7 Å². The summed E-state index contributed by atoms with van der Waals surface area (Å²) in [5, 5.41) is 3.21. The maximum absolute atomic E-state index is 12.5. The number of benzene rings is 1. The summed E-state index contributed by atoms with van der Waals surface area (Å²) in [6, 6.07) is 8.82. The van der Waals surface area contributed by atoms with Crippen LogP contribution in [0.15, 0.2) is 24.3 Å². The first-order chi connectivity index (χ1) is 9.66. The van der Waals surface area contributed by atoms with E-state index in [9.17, 15) is 4.79 Å². The first kappa shape index (κ1) is 13.5. The first-order valence-corrected chi connectivity index (χ1v) is 7.84. The highest BCUT2D eigenvalue weighted by molar-refractivity contribution is 5.94. The summed E-state index contributed by atoms with van der Waals surface area (Å²) in [5.74, 6) is 1.01. The van der Waals surface area contributed by atoms with Crippen molar-refractivity contribution in [1.29, 1.82) is 0 Å². The van der Waals surface area contributed by atoms with Gasteiger partial charge in [-0.15, -0.1) is 0 Å². The van der Waals surface area contributed by atoms with E-state index in [0.717, 1.165) is 25.1 Å². The summed E-state index contributed by atoms with van der Waals surface area (Å²) in [4.78, 5) is 14.5. The normalized spacial score (nSPS) is 22.4. The van der Waals surface area contributed by atoms with Gasteiger partial charge in [-0.25, -0.2) is 4.79 Å². The van der Waals surface area contributed by atoms with E-state index >= 15 is 0 Å². The fourth-order valence-electron chi connectivity index (χ4n) is 3.53. The molecular weight excluding hydrogens is 248 g/mol. The molecular formula is C17H24N2O. The van der Waals surface area contributed by atoms with Crippen LogP contribution in [-0.2, 0) is 0 Å². The zero-order chi connectivity index (χ0) is 14.1. The number of hydrogen-bond donors (Lipinski definition) is 1. The highest BCUT2D eigenvalue weighted by atomic mass is 16.2. The lowest BCUT2D eigenvalue weighted by Gasteiger charge is -2.22. The highest BCUT2D eigenvalue weighted by Gasteiger charge is 2.34. The topological polar surface area (TPSA) is 32.3 Å². The predicted molar refractivity (Wildman–Crippen MR) is 82.2 cm³/mol. The summed E-state index contributed by atoms with van der Waals surface area (Å²) in [7, 11) is 0. The Morgan fingerprint density at radius 1 is 1.25 bits per heavy atom. The Kier molecular flexibility index (Phi) is 3.68. The molecule has 108 valence electrons. The number of carbonyl (C=O) groups excluding carboxylic acids is 1. The van der Waals surface area contributed by atoms with E-state index in [-0.39, 0.29) is 6.03 Å². The van der Waals surface area contributed by atoms with E-state index in [0.29, 0.717) is 17.9 Å². The minimum absolute atomic E-state index is 0.0903. The summed E-state index contributed by atoms with van der Waals surface area (Å²) in [5.41, 5.74) is 2.42. The number of rotatable bonds is 2. The molecule has 1 N–H and O–H groups in total. The van der Waals surface area contributed by atoms with Gasteiger partial charge >= 0.3 is 6.03 Å². The summed E-state index contributed by atoms with van der Waals surface area (Å²) in [6.45, 7) is 5.29. The van der Waals surface area contributed by atoms with E-state index in [2.05, 4.69) is 37.4 Å². The Balaban J connectivity index is 1.78. The molecule has 2 aliphatic rings. The quantitative estimate of drug-likeness (QED) is 0.870. The molecule has 1 aliphatic heterocycles. The number of fused-ring (bicyclic) bond motifs is 1. The van der Waals surface area contributed by atoms with Crippen LogP contribution in [-0.4, -0.2) is 18.6 Å². The number of hydrogen-bond acceptors (Lipinski definition) is 1. The zero-order valence-electron chi connectivity index (χ0n) is 12.4. The van der Waals surface area contributed by atoms with E-state index in [4.69, 9.17) is 0 Å². The third-order valence-electron chi connectivity index (χ3n) is 4.74. The minimum Gasteiger partial charge on any atom is -0.335 e. The van der Waals surface area contributed by atoms with Gasteiger partial charge in [0.2, 0.25) is 0 Å². The van der Waals surface area contributed by atoms with Gasteiger partial charge in [0.1, 0.15) is 0 Å². The molecule has 0 aromatic heterocycles. The molecule has 20 heavy (non-hydrogen) atoms. The number of amides is 2. The van der Waals surface area contributed by atoms with Crippen molar-refractivity contribution in [3.05, 3.63) is 29.8 Å². The van der Waals surface area contributed by atoms with Crippen LogP contribution < -0.4 is 10.2 Å². The van der Waals surface area contributed by atoms with Gasteiger partial charge in [-0.3, -0.25) is 4.90 Å². The molecule has 1 aromatic rings. The molecule has 1 aliphatic carbocycles. The van der Waals surface area contributed by atoms with Gasteiger partial charge < -0.3 is 5.32 Å². The molecule has 0 spiro atoms. The van der Waals surface area contributed by atoms with Crippen LogP contribution in [0.1, 0.15) is 51.0 Å². The van der Waals surface area contributed by atoms with Gasteiger partial charge in [-0.05, 0) is 30.4 Å². The number of urea groups is 1.